The second kappa shape index (κ2) is 8.24. The van der Waals surface area contributed by atoms with Crippen LogP contribution in [0.1, 0.15) is 13.8 Å². The Labute approximate surface area is 110 Å². The highest BCUT2D eigenvalue weighted by atomic mass is 16.5. The van der Waals surface area contributed by atoms with Crippen LogP contribution in [0.15, 0.2) is 12.2 Å². The zero-order valence-corrected chi connectivity index (χ0v) is 11.5. The van der Waals surface area contributed by atoms with E-state index in [1.807, 2.05) is 13.8 Å². The third kappa shape index (κ3) is 5.62. The average Bonchev–Trinajstić information content (AvgIpc) is 2.38. The van der Waals surface area contributed by atoms with Gasteiger partial charge in [0.25, 0.3) is 0 Å². The first-order valence-corrected chi connectivity index (χ1v) is 6.56. The highest BCUT2D eigenvalue weighted by Crippen LogP contribution is 2.00. The molecular formula is C13H25N3O2. The van der Waals surface area contributed by atoms with E-state index in [2.05, 4.69) is 22.1 Å². The summed E-state index contributed by atoms with van der Waals surface area (Å²) in [5.74, 6) is 0.0795. The molecule has 5 heteroatoms. The molecule has 0 aromatic heterocycles. The topological polar surface area (TPSA) is 53.6 Å². The Hall–Kier alpha value is -0.910. The fraction of sp³-hybridized carbons (Fsp3) is 0.769. The number of carbonyl (C=O) groups is 1. The van der Waals surface area contributed by atoms with Gasteiger partial charge in [-0.15, -0.1) is 0 Å². The van der Waals surface area contributed by atoms with Crippen molar-refractivity contribution in [3.05, 3.63) is 12.2 Å². The zero-order valence-electron chi connectivity index (χ0n) is 11.5. The Kier molecular flexibility index (Phi) is 6.93. The zero-order chi connectivity index (χ0) is 13.4. The molecule has 0 aromatic carbocycles. The van der Waals surface area contributed by atoms with Gasteiger partial charge in [-0.2, -0.15) is 0 Å². The summed E-state index contributed by atoms with van der Waals surface area (Å²) >= 11 is 0. The molecule has 104 valence electrons. The highest BCUT2D eigenvalue weighted by Gasteiger charge is 2.21. The lowest BCUT2D eigenvalue weighted by Crippen LogP contribution is -2.53. The monoisotopic (exact) mass is 255 g/mol. The molecule has 0 aromatic rings. The van der Waals surface area contributed by atoms with E-state index in [1.54, 1.807) is 0 Å². The van der Waals surface area contributed by atoms with Crippen LogP contribution in [-0.4, -0.2) is 62.8 Å². The molecule has 0 bridgehead atoms. The Morgan fingerprint density at radius 2 is 2.17 bits per heavy atom. The molecule has 1 aliphatic heterocycles. The maximum atomic E-state index is 11.9. The Morgan fingerprint density at radius 3 is 2.78 bits per heavy atom. The number of hydrogen-bond acceptors (Lipinski definition) is 4. The molecule has 1 heterocycles. The summed E-state index contributed by atoms with van der Waals surface area (Å²) in [6, 6.07) is -0.0618. The van der Waals surface area contributed by atoms with E-state index >= 15 is 0 Å². The molecule has 0 spiro atoms. The first-order chi connectivity index (χ1) is 8.61. The summed E-state index contributed by atoms with van der Waals surface area (Å²) in [5, 5.41) is 6.18. The molecule has 0 aliphatic carbocycles. The summed E-state index contributed by atoms with van der Waals surface area (Å²) in [5.41, 5.74) is 0.996. The molecule has 1 aliphatic rings. The fourth-order valence-corrected chi connectivity index (χ4v) is 1.88. The van der Waals surface area contributed by atoms with Gasteiger partial charge in [-0.3, -0.25) is 9.69 Å². The van der Waals surface area contributed by atoms with E-state index in [-0.39, 0.29) is 11.9 Å². The largest absolute Gasteiger partial charge is 0.375 e. The third-order valence-corrected chi connectivity index (χ3v) is 2.97. The molecule has 5 nitrogen and oxygen atoms in total. The van der Waals surface area contributed by atoms with Gasteiger partial charge >= 0.3 is 0 Å². The number of piperazine rings is 1. The molecule has 0 saturated carbocycles. The minimum Gasteiger partial charge on any atom is -0.375 e. The number of hydrogen-bond donors (Lipinski definition) is 2. The lowest BCUT2D eigenvalue weighted by molar-refractivity contribution is -0.126. The predicted octanol–water partition coefficient (Wildman–Crippen LogP) is -0.0110. The van der Waals surface area contributed by atoms with Crippen LogP contribution in [0.25, 0.3) is 0 Å². The summed E-state index contributed by atoms with van der Waals surface area (Å²) in [7, 11) is 0. The van der Waals surface area contributed by atoms with Gasteiger partial charge in [0.2, 0.25) is 5.91 Å². The van der Waals surface area contributed by atoms with Crippen molar-refractivity contribution in [2.75, 3.05) is 45.9 Å². The van der Waals surface area contributed by atoms with Crippen molar-refractivity contribution < 1.29 is 9.53 Å². The molecule has 1 unspecified atom stereocenters. The van der Waals surface area contributed by atoms with Crippen LogP contribution in [0.2, 0.25) is 0 Å². The Balaban J connectivity index is 2.13. The number of carbonyl (C=O) groups excluding carboxylic acids is 1. The van der Waals surface area contributed by atoms with Crippen LogP contribution >= 0.6 is 0 Å². The lowest BCUT2D eigenvalue weighted by atomic mass is 10.2. The number of nitrogens with one attached hydrogen (secondary N) is 2. The molecule has 18 heavy (non-hydrogen) atoms. The molecule has 2 N–H and O–H groups in total. The lowest BCUT2D eigenvalue weighted by Gasteiger charge is -2.31. The smallest absolute Gasteiger partial charge is 0.237 e. The van der Waals surface area contributed by atoms with Gasteiger partial charge in [0.05, 0.1) is 19.3 Å². The van der Waals surface area contributed by atoms with Crippen molar-refractivity contribution >= 4 is 5.91 Å². The van der Waals surface area contributed by atoms with Gasteiger partial charge in [0.1, 0.15) is 0 Å². The Bertz CT molecular complexity index is 275. The van der Waals surface area contributed by atoms with Crippen LogP contribution in [0.5, 0.6) is 0 Å². The normalized spacial score (nSPS) is 18.3. The van der Waals surface area contributed by atoms with Gasteiger partial charge in [-0.05, 0) is 13.8 Å². The molecule has 1 rings (SSSR count). The van der Waals surface area contributed by atoms with E-state index in [4.69, 9.17) is 4.74 Å². The van der Waals surface area contributed by atoms with E-state index < -0.39 is 0 Å². The van der Waals surface area contributed by atoms with E-state index in [1.165, 1.54) is 0 Å². The quantitative estimate of drug-likeness (QED) is 0.496. The summed E-state index contributed by atoms with van der Waals surface area (Å²) in [6.45, 7) is 13.1. The van der Waals surface area contributed by atoms with Gasteiger partial charge < -0.3 is 15.4 Å². The summed E-state index contributed by atoms with van der Waals surface area (Å²) in [4.78, 5) is 14.1. The standard InChI is InChI=1S/C13H25N3O2/c1-11(2)10-18-9-6-15-13(17)12(3)16-7-4-14-5-8-16/h12,14H,1,4-10H2,2-3H3,(H,15,17). The van der Waals surface area contributed by atoms with Gasteiger partial charge in [-0.25, -0.2) is 0 Å². The average molecular weight is 255 g/mol. The maximum Gasteiger partial charge on any atom is 0.237 e. The maximum absolute atomic E-state index is 11.9. The molecule has 1 fully saturated rings. The molecule has 0 radical (unpaired) electrons. The van der Waals surface area contributed by atoms with Gasteiger partial charge in [-0.1, -0.05) is 12.2 Å². The van der Waals surface area contributed by atoms with Crippen LogP contribution in [0.3, 0.4) is 0 Å². The molecule has 1 saturated heterocycles. The van der Waals surface area contributed by atoms with E-state index in [0.717, 1.165) is 31.8 Å². The summed E-state index contributed by atoms with van der Waals surface area (Å²) in [6.07, 6.45) is 0. The SMILES string of the molecule is C=C(C)COCCNC(=O)C(C)N1CCNCC1. The first kappa shape index (κ1) is 15.1. The third-order valence-electron chi connectivity index (χ3n) is 2.97. The van der Waals surface area contributed by atoms with Crippen molar-refractivity contribution in [1.29, 1.82) is 0 Å². The minimum atomic E-state index is -0.0618. The van der Waals surface area contributed by atoms with E-state index in [9.17, 15) is 4.79 Å². The predicted molar refractivity (Wildman–Crippen MR) is 72.5 cm³/mol. The van der Waals surface area contributed by atoms with Crippen LogP contribution in [0, 0.1) is 0 Å². The van der Waals surface area contributed by atoms with Crippen molar-refractivity contribution in [3.8, 4) is 0 Å². The molecule has 1 atom stereocenters. The van der Waals surface area contributed by atoms with Crippen LogP contribution in [-0.2, 0) is 9.53 Å². The van der Waals surface area contributed by atoms with Gasteiger partial charge in [0, 0.05) is 32.7 Å². The van der Waals surface area contributed by atoms with Gasteiger partial charge in [0.15, 0.2) is 0 Å². The van der Waals surface area contributed by atoms with Crippen LogP contribution < -0.4 is 10.6 Å². The van der Waals surface area contributed by atoms with Crippen molar-refractivity contribution in [3.63, 3.8) is 0 Å². The summed E-state index contributed by atoms with van der Waals surface area (Å²) < 4.78 is 5.33. The number of ether oxygens (including phenoxy) is 1. The van der Waals surface area contributed by atoms with Crippen molar-refractivity contribution in [2.45, 2.75) is 19.9 Å². The highest BCUT2D eigenvalue weighted by molar-refractivity contribution is 5.81. The van der Waals surface area contributed by atoms with Crippen molar-refractivity contribution in [2.24, 2.45) is 0 Å². The number of nitrogens with zero attached hydrogens (tertiary/aromatic N) is 1. The van der Waals surface area contributed by atoms with E-state index in [0.29, 0.717) is 19.8 Å². The van der Waals surface area contributed by atoms with Crippen molar-refractivity contribution in [1.82, 2.24) is 15.5 Å². The minimum absolute atomic E-state index is 0.0618. The second-order valence-corrected chi connectivity index (χ2v) is 4.76. The molecular weight excluding hydrogens is 230 g/mol. The Morgan fingerprint density at radius 1 is 1.50 bits per heavy atom. The first-order valence-electron chi connectivity index (χ1n) is 6.56. The second-order valence-electron chi connectivity index (χ2n) is 4.76. The molecule has 1 amide bonds. The fourth-order valence-electron chi connectivity index (χ4n) is 1.88. The number of rotatable bonds is 7. The van der Waals surface area contributed by atoms with Crippen LogP contribution in [0.4, 0.5) is 0 Å². The number of amides is 1.